The van der Waals surface area contributed by atoms with E-state index in [0.29, 0.717) is 12.1 Å². The Morgan fingerprint density at radius 2 is 2.31 bits per heavy atom. The lowest BCUT2D eigenvalue weighted by Crippen LogP contribution is -2.32. The smallest absolute Gasteiger partial charge is 0.386 e. The van der Waals surface area contributed by atoms with E-state index in [1.807, 2.05) is 13.8 Å². The van der Waals surface area contributed by atoms with Crippen LogP contribution in [-0.4, -0.2) is 27.2 Å². The second-order valence-corrected chi connectivity index (χ2v) is 4.11. The van der Waals surface area contributed by atoms with Gasteiger partial charge in [-0.25, -0.2) is 0 Å². The van der Waals surface area contributed by atoms with Gasteiger partial charge in [0.25, 0.3) is 0 Å². The second-order valence-electron chi connectivity index (χ2n) is 4.11. The molecular weight excluding hydrogens is 210 g/mol. The van der Waals surface area contributed by atoms with Crippen LogP contribution in [0.5, 0.6) is 0 Å². The Morgan fingerprint density at radius 3 is 2.88 bits per heavy atom. The van der Waals surface area contributed by atoms with Crippen LogP contribution in [0.3, 0.4) is 0 Å². The predicted octanol–water partition coefficient (Wildman–Crippen LogP) is 1.56. The second kappa shape index (κ2) is 4.89. The molecule has 16 heavy (non-hydrogen) atoms. The Hall–Kier alpha value is -1.69. The minimum Gasteiger partial charge on any atom is -0.396 e. The summed E-state index contributed by atoms with van der Waals surface area (Å²) in [4.78, 5) is 13.9. The molecule has 0 atom stereocenters. The standard InChI is InChI=1S/C10H15N3O3/c1-10(2,5-7-14)12-8-4-3-6-11-9(8)13(15)16/h3-4,6,12,14H,5,7H2,1-2H3. The van der Waals surface area contributed by atoms with Crippen LogP contribution < -0.4 is 5.32 Å². The van der Waals surface area contributed by atoms with Crippen molar-refractivity contribution in [2.24, 2.45) is 0 Å². The summed E-state index contributed by atoms with van der Waals surface area (Å²) in [5, 5.41) is 22.6. The maximum atomic E-state index is 10.7. The van der Waals surface area contributed by atoms with E-state index in [2.05, 4.69) is 10.3 Å². The molecule has 0 aliphatic carbocycles. The van der Waals surface area contributed by atoms with Crippen molar-refractivity contribution in [1.82, 2.24) is 4.98 Å². The van der Waals surface area contributed by atoms with Crippen LogP contribution in [0.2, 0.25) is 0 Å². The van der Waals surface area contributed by atoms with Gasteiger partial charge in [-0.2, -0.15) is 0 Å². The maximum absolute atomic E-state index is 10.7. The van der Waals surface area contributed by atoms with Crippen molar-refractivity contribution < 1.29 is 10.0 Å². The first kappa shape index (κ1) is 12.4. The van der Waals surface area contributed by atoms with Gasteiger partial charge in [0, 0.05) is 12.1 Å². The molecular formula is C10H15N3O3. The topological polar surface area (TPSA) is 88.3 Å². The lowest BCUT2D eigenvalue weighted by Gasteiger charge is -2.26. The van der Waals surface area contributed by atoms with Gasteiger partial charge in [-0.15, -0.1) is 0 Å². The SMILES string of the molecule is CC(C)(CCO)Nc1cccnc1[N+](=O)[O-]. The van der Waals surface area contributed by atoms with Crippen molar-refractivity contribution in [1.29, 1.82) is 0 Å². The molecule has 6 heteroatoms. The molecule has 0 aliphatic heterocycles. The summed E-state index contributed by atoms with van der Waals surface area (Å²) in [6.45, 7) is 3.74. The van der Waals surface area contributed by atoms with Crippen molar-refractivity contribution in [3.05, 3.63) is 28.4 Å². The molecule has 1 rings (SSSR count). The molecule has 0 spiro atoms. The summed E-state index contributed by atoms with van der Waals surface area (Å²) in [5.41, 5.74) is -0.0475. The molecule has 0 aliphatic rings. The molecule has 0 aromatic carbocycles. The number of rotatable bonds is 5. The molecule has 1 aromatic rings. The molecule has 0 saturated heterocycles. The maximum Gasteiger partial charge on any atom is 0.386 e. The molecule has 0 saturated carbocycles. The first-order chi connectivity index (χ1) is 7.46. The molecule has 1 heterocycles. The van der Waals surface area contributed by atoms with Crippen molar-refractivity contribution in [2.45, 2.75) is 25.8 Å². The van der Waals surface area contributed by atoms with Gasteiger partial charge >= 0.3 is 5.82 Å². The molecule has 0 radical (unpaired) electrons. The Kier molecular flexibility index (Phi) is 3.78. The minimum atomic E-state index is -0.530. The highest BCUT2D eigenvalue weighted by Gasteiger charge is 2.22. The number of nitro groups is 1. The molecule has 6 nitrogen and oxygen atoms in total. The quantitative estimate of drug-likeness (QED) is 0.586. The van der Waals surface area contributed by atoms with Gasteiger partial charge in [0.1, 0.15) is 11.9 Å². The fraction of sp³-hybridized carbons (Fsp3) is 0.500. The van der Waals surface area contributed by atoms with E-state index < -0.39 is 10.5 Å². The zero-order valence-corrected chi connectivity index (χ0v) is 9.30. The molecule has 1 aromatic heterocycles. The average Bonchev–Trinajstić information content (AvgIpc) is 2.17. The summed E-state index contributed by atoms with van der Waals surface area (Å²) in [7, 11) is 0. The van der Waals surface area contributed by atoms with Crippen LogP contribution >= 0.6 is 0 Å². The zero-order valence-electron chi connectivity index (χ0n) is 9.30. The summed E-state index contributed by atoms with van der Waals surface area (Å²) in [6, 6.07) is 3.23. The molecule has 0 fully saturated rings. The summed E-state index contributed by atoms with van der Waals surface area (Å²) in [5.74, 6) is -0.200. The van der Waals surface area contributed by atoms with Gasteiger partial charge in [0.15, 0.2) is 0 Å². The Labute approximate surface area is 93.5 Å². The van der Waals surface area contributed by atoms with Gasteiger partial charge in [0.2, 0.25) is 0 Å². The number of aliphatic hydroxyl groups excluding tert-OH is 1. The van der Waals surface area contributed by atoms with Gasteiger partial charge < -0.3 is 20.5 Å². The number of pyridine rings is 1. The zero-order chi connectivity index (χ0) is 12.2. The molecule has 0 amide bonds. The fourth-order valence-electron chi connectivity index (χ4n) is 1.35. The highest BCUT2D eigenvalue weighted by atomic mass is 16.6. The van der Waals surface area contributed by atoms with Crippen molar-refractivity contribution >= 4 is 11.5 Å². The molecule has 0 bridgehead atoms. The van der Waals surface area contributed by atoms with Gasteiger partial charge in [0.05, 0.1) is 0 Å². The van der Waals surface area contributed by atoms with Crippen LogP contribution in [0.4, 0.5) is 11.5 Å². The first-order valence-corrected chi connectivity index (χ1v) is 4.95. The highest BCUT2D eigenvalue weighted by Crippen LogP contribution is 2.25. The number of aliphatic hydroxyl groups is 1. The van der Waals surface area contributed by atoms with Gasteiger partial charge in [-0.3, -0.25) is 0 Å². The molecule has 88 valence electrons. The minimum absolute atomic E-state index is 0.0219. The highest BCUT2D eigenvalue weighted by molar-refractivity contribution is 5.57. The third-order valence-corrected chi connectivity index (χ3v) is 2.17. The summed E-state index contributed by atoms with van der Waals surface area (Å²) >= 11 is 0. The van der Waals surface area contributed by atoms with E-state index in [4.69, 9.17) is 5.11 Å². The van der Waals surface area contributed by atoms with Gasteiger partial charge in [-0.1, -0.05) is 0 Å². The largest absolute Gasteiger partial charge is 0.396 e. The van der Waals surface area contributed by atoms with Crippen molar-refractivity contribution in [2.75, 3.05) is 11.9 Å². The Morgan fingerprint density at radius 1 is 1.62 bits per heavy atom. The summed E-state index contributed by atoms with van der Waals surface area (Å²) < 4.78 is 0. The third kappa shape index (κ3) is 3.16. The van der Waals surface area contributed by atoms with E-state index in [9.17, 15) is 10.1 Å². The van der Waals surface area contributed by atoms with E-state index in [1.165, 1.54) is 6.20 Å². The number of nitrogens with one attached hydrogen (secondary N) is 1. The van der Waals surface area contributed by atoms with E-state index in [1.54, 1.807) is 12.1 Å². The van der Waals surface area contributed by atoms with Crippen LogP contribution in [-0.2, 0) is 0 Å². The molecule has 0 unspecified atom stereocenters. The number of hydrogen-bond donors (Lipinski definition) is 2. The Balaban J connectivity index is 2.92. The lowest BCUT2D eigenvalue weighted by atomic mass is 10.0. The average molecular weight is 225 g/mol. The van der Waals surface area contributed by atoms with Crippen molar-refractivity contribution in [3.8, 4) is 0 Å². The number of aromatic nitrogens is 1. The van der Waals surface area contributed by atoms with Crippen LogP contribution in [0.25, 0.3) is 0 Å². The van der Waals surface area contributed by atoms with Crippen molar-refractivity contribution in [3.63, 3.8) is 0 Å². The predicted molar refractivity (Wildman–Crippen MR) is 60.3 cm³/mol. The summed E-state index contributed by atoms with van der Waals surface area (Å²) in [6.07, 6.45) is 1.88. The van der Waals surface area contributed by atoms with E-state index in [-0.39, 0.29) is 12.4 Å². The van der Waals surface area contributed by atoms with Gasteiger partial charge in [-0.05, 0) is 42.3 Å². The van der Waals surface area contributed by atoms with Crippen LogP contribution in [0, 0.1) is 10.1 Å². The number of nitrogens with zero attached hydrogens (tertiary/aromatic N) is 2. The van der Waals surface area contributed by atoms with Crippen LogP contribution in [0.15, 0.2) is 18.3 Å². The molecule has 2 N–H and O–H groups in total. The third-order valence-electron chi connectivity index (χ3n) is 2.17. The number of hydrogen-bond acceptors (Lipinski definition) is 5. The van der Waals surface area contributed by atoms with E-state index >= 15 is 0 Å². The lowest BCUT2D eigenvalue weighted by molar-refractivity contribution is -0.388. The van der Waals surface area contributed by atoms with Crippen LogP contribution in [0.1, 0.15) is 20.3 Å². The normalized spacial score (nSPS) is 11.2. The number of anilines is 1. The Bertz CT molecular complexity index is 379. The first-order valence-electron chi connectivity index (χ1n) is 4.95. The fourth-order valence-corrected chi connectivity index (χ4v) is 1.35. The van der Waals surface area contributed by atoms with E-state index in [0.717, 1.165) is 0 Å². The monoisotopic (exact) mass is 225 g/mol.